The fraction of sp³-hybridized carbons (Fsp3) is 0.143. The molecule has 0 saturated carbocycles. The van der Waals surface area contributed by atoms with Crippen LogP contribution in [0.1, 0.15) is 5.56 Å². The number of anilines is 2. The van der Waals surface area contributed by atoms with Crippen LogP contribution in [0.15, 0.2) is 40.5 Å². The van der Waals surface area contributed by atoms with E-state index in [-0.39, 0.29) is 23.0 Å². The highest BCUT2D eigenvalue weighted by molar-refractivity contribution is 8.00. The summed E-state index contributed by atoms with van der Waals surface area (Å²) < 4.78 is 0. The fourth-order valence-electron chi connectivity index (χ4n) is 1.59. The average Bonchev–Trinajstić information content (AvgIpc) is 2.53. The van der Waals surface area contributed by atoms with Crippen LogP contribution >= 0.6 is 23.5 Å². The molecule has 0 atom stereocenters. The Labute approximate surface area is 136 Å². The van der Waals surface area contributed by atoms with Crippen LogP contribution in [0.25, 0.3) is 0 Å². The first-order chi connectivity index (χ1) is 10.6. The molecule has 0 spiro atoms. The van der Waals surface area contributed by atoms with Gasteiger partial charge in [0, 0.05) is 5.69 Å². The Morgan fingerprint density at radius 2 is 2.09 bits per heavy atom. The number of carbonyl (C=O) groups excluding carboxylic acids is 1. The lowest BCUT2D eigenvalue weighted by molar-refractivity contribution is -0.113. The number of nitrogens with one attached hydrogen (secondary N) is 1. The number of nitriles is 1. The largest absolute Gasteiger partial charge is 0.382 e. The second-order valence-corrected chi connectivity index (χ2v) is 5.83. The van der Waals surface area contributed by atoms with Crippen molar-refractivity contribution in [1.82, 2.24) is 9.97 Å². The highest BCUT2D eigenvalue weighted by Gasteiger charge is 2.14. The monoisotopic (exact) mass is 331 g/mol. The molecular formula is C14H13N5OS2. The number of aromatic nitrogens is 2. The molecule has 1 aromatic carbocycles. The molecule has 0 saturated heterocycles. The molecule has 22 heavy (non-hydrogen) atoms. The minimum atomic E-state index is -0.178. The van der Waals surface area contributed by atoms with Gasteiger partial charge in [-0.25, -0.2) is 9.97 Å². The second kappa shape index (κ2) is 7.68. The third kappa shape index (κ3) is 4.13. The second-order valence-electron chi connectivity index (χ2n) is 4.09. The van der Waals surface area contributed by atoms with E-state index < -0.39 is 0 Å². The number of benzene rings is 1. The third-order valence-electron chi connectivity index (χ3n) is 2.58. The summed E-state index contributed by atoms with van der Waals surface area (Å²) in [5.41, 5.74) is 6.66. The third-order valence-corrected chi connectivity index (χ3v) is 4.10. The number of nitrogen functional groups attached to an aromatic ring is 1. The summed E-state index contributed by atoms with van der Waals surface area (Å²) in [6.07, 6.45) is 1.82. The van der Waals surface area contributed by atoms with Gasteiger partial charge in [0.1, 0.15) is 22.5 Å². The Morgan fingerprint density at radius 3 is 2.73 bits per heavy atom. The van der Waals surface area contributed by atoms with Gasteiger partial charge in [-0.05, 0) is 18.4 Å². The maximum absolute atomic E-state index is 11.9. The van der Waals surface area contributed by atoms with E-state index >= 15 is 0 Å². The SMILES string of the molecule is CSc1nc(N)c(C#N)c(SCC(=O)Nc2ccccc2)n1. The highest BCUT2D eigenvalue weighted by atomic mass is 32.2. The molecule has 0 bridgehead atoms. The lowest BCUT2D eigenvalue weighted by atomic mass is 10.3. The zero-order valence-corrected chi connectivity index (χ0v) is 13.4. The number of nitrogens with zero attached hydrogens (tertiary/aromatic N) is 3. The van der Waals surface area contributed by atoms with E-state index in [0.29, 0.717) is 10.2 Å². The summed E-state index contributed by atoms with van der Waals surface area (Å²) >= 11 is 2.49. The van der Waals surface area contributed by atoms with Crippen molar-refractivity contribution in [1.29, 1.82) is 5.26 Å². The smallest absolute Gasteiger partial charge is 0.234 e. The Bertz CT molecular complexity index is 715. The van der Waals surface area contributed by atoms with Crippen LogP contribution in [0.2, 0.25) is 0 Å². The Hall–Kier alpha value is -2.24. The van der Waals surface area contributed by atoms with E-state index in [1.807, 2.05) is 30.5 Å². The topological polar surface area (TPSA) is 105 Å². The van der Waals surface area contributed by atoms with Gasteiger partial charge in [-0.2, -0.15) is 5.26 Å². The minimum Gasteiger partial charge on any atom is -0.382 e. The summed E-state index contributed by atoms with van der Waals surface area (Å²) in [7, 11) is 0. The maximum Gasteiger partial charge on any atom is 0.234 e. The lowest BCUT2D eigenvalue weighted by Crippen LogP contribution is -2.14. The summed E-state index contributed by atoms with van der Waals surface area (Å²) in [5, 5.41) is 12.8. The molecule has 8 heteroatoms. The molecule has 0 aliphatic heterocycles. The van der Waals surface area contributed by atoms with Gasteiger partial charge in [-0.15, -0.1) is 0 Å². The number of para-hydroxylation sites is 1. The molecule has 3 N–H and O–H groups in total. The van der Waals surface area contributed by atoms with Crippen molar-refractivity contribution in [2.45, 2.75) is 10.2 Å². The summed E-state index contributed by atoms with van der Waals surface area (Å²) in [6, 6.07) is 11.1. The standard InChI is InChI=1S/C14H13N5OS2/c1-21-14-18-12(16)10(7-15)13(19-14)22-8-11(20)17-9-5-3-2-4-6-9/h2-6H,8H2,1H3,(H,17,20)(H2,16,18,19). The van der Waals surface area contributed by atoms with Gasteiger partial charge in [-0.1, -0.05) is 41.7 Å². The zero-order chi connectivity index (χ0) is 15.9. The highest BCUT2D eigenvalue weighted by Crippen LogP contribution is 2.26. The molecule has 1 amide bonds. The van der Waals surface area contributed by atoms with Crippen molar-refractivity contribution in [3.63, 3.8) is 0 Å². The average molecular weight is 331 g/mol. The van der Waals surface area contributed by atoms with Crippen molar-refractivity contribution >= 4 is 40.9 Å². The Balaban J connectivity index is 2.06. The molecule has 0 fully saturated rings. The number of amides is 1. The fourth-order valence-corrected chi connectivity index (χ4v) is 2.81. The van der Waals surface area contributed by atoms with Crippen molar-refractivity contribution < 1.29 is 4.79 Å². The number of thioether (sulfide) groups is 2. The van der Waals surface area contributed by atoms with Crippen LogP contribution in [-0.4, -0.2) is 27.9 Å². The predicted molar refractivity (Wildman–Crippen MR) is 88.7 cm³/mol. The van der Waals surface area contributed by atoms with Crippen LogP contribution in [-0.2, 0) is 4.79 Å². The van der Waals surface area contributed by atoms with E-state index in [2.05, 4.69) is 15.3 Å². The van der Waals surface area contributed by atoms with Crippen LogP contribution in [0.5, 0.6) is 0 Å². The van der Waals surface area contributed by atoms with Gasteiger partial charge >= 0.3 is 0 Å². The molecule has 0 aliphatic carbocycles. The van der Waals surface area contributed by atoms with Crippen molar-refractivity contribution in [2.24, 2.45) is 0 Å². The summed E-state index contributed by atoms with van der Waals surface area (Å²) in [6.45, 7) is 0. The molecule has 112 valence electrons. The van der Waals surface area contributed by atoms with Crippen LogP contribution < -0.4 is 11.1 Å². The van der Waals surface area contributed by atoms with E-state index in [1.165, 1.54) is 11.8 Å². The number of rotatable bonds is 5. The van der Waals surface area contributed by atoms with Crippen LogP contribution in [0, 0.1) is 11.3 Å². The zero-order valence-electron chi connectivity index (χ0n) is 11.7. The van der Waals surface area contributed by atoms with E-state index in [1.54, 1.807) is 12.1 Å². The molecule has 0 unspecified atom stereocenters. The first-order valence-electron chi connectivity index (χ1n) is 6.23. The van der Waals surface area contributed by atoms with Crippen LogP contribution in [0.3, 0.4) is 0 Å². The lowest BCUT2D eigenvalue weighted by Gasteiger charge is -2.07. The predicted octanol–water partition coefficient (Wildman–Crippen LogP) is 2.38. The van der Waals surface area contributed by atoms with E-state index in [0.717, 1.165) is 17.4 Å². The van der Waals surface area contributed by atoms with E-state index in [9.17, 15) is 4.79 Å². The molecule has 2 rings (SSSR count). The molecule has 2 aromatic rings. The van der Waals surface area contributed by atoms with Gasteiger partial charge in [-0.3, -0.25) is 4.79 Å². The first kappa shape index (κ1) is 16.1. The Kier molecular flexibility index (Phi) is 5.63. The molecule has 1 aromatic heterocycles. The van der Waals surface area contributed by atoms with Gasteiger partial charge < -0.3 is 11.1 Å². The first-order valence-corrected chi connectivity index (χ1v) is 8.44. The molecule has 0 aliphatic rings. The number of hydrogen-bond acceptors (Lipinski definition) is 7. The summed E-state index contributed by atoms with van der Waals surface area (Å²) in [4.78, 5) is 20.2. The Morgan fingerprint density at radius 1 is 1.36 bits per heavy atom. The maximum atomic E-state index is 11.9. The molecular weight excluding hydrogens is 318 g/mol. The van der Waals surface area contributed by atoms with Gasteiger partial charge in [0.2, 0.25) is 5.91 Å². The van der Waals surface area contributed by atoms with Crippen molar-refractivity contribution in [3.8, 4) is 6.07 Å². The minimum absolute atomic E-state index is 0.132. The number of hydrogen-bond donors (Lipinski definition) is 2. The van der Waals surface area contributed by atoms with Gasteiger partial charge in [0.15, 0.2) is 5.16 Å². The van der Waals surface area contributed by atoms with Gasteiger partial charge in [0.05, 0.1) is 5.75 Å². The molecule has 1 heterocycles. The quantitative estimate of drug-likeness (QED) is 0.492. The summed E-state index contributed by atoms with van der Waals surface area (Å²) in [5.74, 6) is 0.0872. The normalized spacial score (nSPS) is 10.0. The van der Waals surface area contributed by atoms with Crippen molar-refractivity contribution in [2.75, 3.05) is 23.1 Å². The van der Waals surface area contributed by atoms with Crippen molar-refractivity contribution in [3.05, 3.63) is 35.9 Å². The van der Waals surface area contributed by atoms with E-state index in [4.69, 9.17) is 11.0 Å². The number of nitrogens with two attached hydrogens (primary N) is 1. The number of carbonyl (C=O) groups is 1. The molecule has 0 radical (unpaired) electrons. The van der Waals surface area contributed by atoms with Gasteiger partial charge in [0.25, 0.3) is 0 Å². The molecule has 6 nitrogen and oxygen atoms in total. The van der Waals surface area contributed by atoms with Crippen LogP contribution in [0.4, 0.5) is 11.5 Å².